The van der Waals surface area contributed by atoms with Crippen LogP contribution in [0.3, 0.4) is 0 Å². The van der Waals surface area contributed by atoms with Gasteiger partial charge in [-0.05, 0) is 66.1 Å². The second-order valence-electron chi connectivity index (χ2n) is 8.65. The number of hydrogen-bond acceptors (Lipinski definition) is 5. The quantitative estimate of drug-likeness (QED) is 0.183. The zero-order valence-electron chi connectivity index (χ0n) is 21.7. The van der Waals surface area contributed by atoms with E-state index in [1.165, 1.54) is 24.3 Å². The van der Waals surface area contributed by atoms with Crippen molar-refractivity contribution in [2.75, 3.05) is 4.90 Å². The van der Waals surface area contributed by atoms with Crippen molar-refractivity contribution in [1.29, 1.82) is 0 Å². The molecule has 1 fully saturated rings. The average Bonchev–Trinajstić information content (AvgIpc) is 2.92. The molecule has 2 unspecified atom stereocenters. The van der Waals surface area contributed by atoms with Crippen LogP contribution in [0.5, 0.6) is 5.75 Å². The van der Waals surface area contributed by atoms with Gasteiger partial charge in [0.1, 0.15) is 23.5 Å². The van der Waals surface area contributed by atoms with E-state index in [9.17, 15) is 23.2 Å². The van der Waals surface area contributed by atoms with E-state index in [2.05, 4.69) is 0 Å². The lowest BCUT2D eigenvalue weighted by Crippen LogP contribution is -2.46. The van der Waals surface area contributed by atoms with Crippen molar-refractivity contribution in [2.24, 2.45) is 0 Å². The smallest absolute Gasteiger partial charge is 0.310 e. The zero-order chi connectivity index (χ0) is 27.7. The van der Waals surface area contributed by atoms with Gasteiger partial charge in [0.05, 0.1) is 12.5 Å². The minimum absolute atomic E-state index is 0.00287. The van der Waals surface area contributed by atoms with Crippen LogP contribution < -0.4 is 9.64 Å². The summed E-state index contributed by atoms with van der Waals surface area (Å²) in [6.45, 7) is 5.41. The molecule has 0 saturated carbocycles. The van der Waals surface area contributed by atoms with E-state index in [0.717, 1.165) is 11.1 Å². The van der Waals surface area contributed by atoms with Crippen molar-refractivity contribution in [3.63, 3.8) is 0 Å². The molecule has 1 amide bonds. The Balaban J connectivity index is 0.000000232. The summed E-state index contributed by atoms with van der Waals surface area (Å²) in [5.41, 5.74) is 2.46. The minimum Gasteiger partial charge on any atom is -0.457 e. The Labute approximate surface area is 221 Å². The summed E-state index contributed by atoms with van der Waals surface area (Å²) in [6, 6.07) is 18.9. The van der Waals surface area contributed by atoms with E-state index >= 15 is 0 Å². The highest BCUT2D eigenvalue weighted by Gasteiger charge is 2.38. The van der Waals surface area contributed by atoms with Gasteiger partial charge in [0.15, 0.2) is 0 Å². The molecule has 1 heterocycles. The molecule has 0 N–H and O–H groups in total. The third-order valence-corrected chi connectivity index (χ3v) is 6.01. The fourth-order valence-corrected chi connectivity index (χ4v) is 3.88. The van der Waals surface area contributed by atoms with E-state index < -0.39 is 0 Å². The molecular formula is C30H31F2NO5. The first-order chi connectivity index (χ1) is 18.2. The highest BCUT2D eigenvalue weighted by atomic mass is 19.1. The van der Waals surface area contributed by atoms with Crippen molar-refractivity contribution in [1.82, 2.24) is 0 Å². The fourth-order valence-electron chi connectivity index (χ4n) is 3.88. The number of esters is 2. The molecule has 0 radical (unpaired) electrons. The number of benzene rings is 3. The Morgan fingerprint density at radius 1 is 0.842 bits per heavy atom. The highest BCUT2D eigenvalue weighted by molar-refractivity contribution is 6.01. The van der Waals surface area contributed by atoms with Crippen LogP contribution in [0.4, 0.5) is 14.5 Å². The van der Waals surface area contributed by atoms with Crippen molar-refractivity contribution in [3.8, 4) is 5.75 Å². The molecule has 0 aliphatic carbocycles. The Kier molecular flexibility index (Phi) is 10.1. The van der Waals surface area contributed by atoms with Gasteiger partial charge in [0.25, 0.3) is 0 Å². The molecule has 0 bridgehead atoms. The lowest BCUT2D eigenvalue weighted by molar-refractivity contribution is -0.149. The van der Waals surface area contributed by atoms with Crippen LogP contribution >= 0.6 is 0 Å². The molecule has 1 saturated heterocycles. The molecular weight excluding hydrogens is 492 g/mol. The van der Waals surface area contributed by atoms with Crippen LogP contribution in [0.25, 0.3) is 0 Å². The largest absolute Gasteiger partial charge is 0.457 e. The normalized spacial score (nSPS) is 15.0. The monoisotopic (exact) mass is 523 g/mol. The van der Waals surface area contributed by atoms with Crippen LogP contribution in [0, 0.1) is 11.6 Å². The van der Waals surface area contributed by atoms with Crippen LogP contribution in [0.1, 0.15) is 69.7 Å². The van der Waals surface area contributed by atoms with Crippen molar-refractivity contribution in [2.45, 2.75) is 58.6 Å². The first kappa shape index (κ1) is 28.5. The first-order valence-corrected chi connectivity index (χ1v) is 12.6. The topological polar surface area (TPSA) is 72.9 Å². The van der Waals surface area contributed by atoms with Crippen molar-refractivity contribution < 1.29 is 32.6 Å². The van der Waals surface area contributed by atoms with Crippen LogP contribution in [0.15, 0.2) is 72.8 Å². The van der Waals surface area contributed by atoms with Gasteiger partial charge in [-0.25, -0.2) is 8.78 Å². The van der Waals surface area contributed by atoms with Gasteiger partial charge in [-0.2, -0.15) is 0 Å². The Morgan fingerprint density at radius 2 is 1.39 bits per heavy atom. The number of nitrogens with zero attached hydrogens (tertiary/aromatic N) is 1. The SMILES string of the molecule is CCC(=O)OC(CC)c1ccc(F)cc1.CCC(=O)Oc1ccc(C2CC(=O)N2c2ccc(F)cc2)cc1. The number of carbonyl (C=O) groups excluding carboxylic acids is 3. The molecule has 0 spiro atoms. The molecule has 38 heavy (non-hydrogen) atoms. The Morgan fingerprint density at radius 3 is 1.89 bits per heavy atom. The number of ether oxygens (including phenoxy) is 2. The summed E-state index contributed by atoms with van der Waals surface area (Å²) < 4.78 is 36.0. The molecule has 200 valence electrons. The molecule has 4 rings (SSSR count). The van der Waals surface area contributed by atoms with E-state index in [4.69, 9.17) is 9.47 Å². The zero-order valence-corrected chi connectivity index (χ0v) is 21.7. The number of β-lactam (4-membered cyclic amide) rings is 1. The lowest BCUT2D eigenvalue weighted by Gasteiger charge is -2.40. The van der Waals surface area contributed by atoms with Crippen molar-refractivity contribution in [3.05, 3.63) is 95.6 Å². The van der Waals surface area contributed by atoms with Crippen LogP contribution in [0.2, 0.25) is 0 Å². The van der Waals surface area contributed by atoms with Gasteiger partial charge in [-0.1, -0.05) is 45.0 Å². The minimum atomic E-state index is -0.333. The summed E-state index contributed by atoms with van der Waals surface area (Å²) in [7, 11) is 0. The summed E-state index contributed by atoms with van der Waals surface area (Å²) in [4.78, 5) is 36.0. The maximum absolute atomic E-state index is 13.0. The van der Waals surface area contributed by atoms with E-state index in [1.807, 2.05) is 19.1 Å². The maximum atomic E-state index is 13.0. The number of anilines is 1. The number of hydrogen-bond donors (Lipinski definition) is 0. The second-order valence-corrected chi connectivity index (χ2v) is 8.65. The molecule has 6 nitrogen and oxygen atoms in total. The predicted molar refractivity (Wildman–Crippen MR) is 139 cm³/mol. The van der Waals surface area contributed by atoms with Gasteiger partial charge in [0, 0.05) is 18.5 Å². The summed E-state index contributed by atoms with van der Waals surface area (Å²) in [6.07, 6.45) is 1.51. The fraction of sp³-hybridized carbons (Fsp3) is 0.300. The molecule has 1 aliphatic rings. The second kappa shape index (κ2) is 13.5. The van der Waals surface area contributed by atoms with E-state index in [0.29, 0.717) is 37.1 Å². The Bertz CT molecular complexity index is 1230. The van der Waals surface area contributed by atoms with Gasteiger partial charge >= 0.3 is 11.9 Å². The highest BCUT2D eigenvalue weighted by Crippen LogP contribution is 2.39. The third-order valence-electron chi connectivity index (χ3n) is 6.01. The molecule has 8 heteroatoms. The number of halogens is 2. The number of carbonyl (C=O) groups is 3. The van der Waals surface area contributed by atoms with Gasteiger partial charge in [-0.3, -0.25) is 14.4 Å². The molecule has 3 aromatic carbocycles. The van der Waals surface area contributed by atoms with Crippen molar-refractivity contribution >= 4 is 23.5 Å². The summed E-state index contributed by atoms with van der Waals surface area (Å²) >= 11 is 0. The number of amides is 1. The van der Waals surface area contributed by atoms with E-state index in [1.54, 1.807) is 55.1 Å². The average molecular weight is 524 g/mol. The first-order valence-electron chi connectivity index (χ1n) is 12.6. The molecule has 2 atom stereocenters. The molecule has 1 aliphatic heterocycles. The van der Waals surface area contributed by atoms with Gasteiger partial charge in [0.2, 0.25) is 5.91 Å². The summed E-state index contributed by atoms with van der Waals surface area (Å²) in [5, 5.41) is 0. The van der Waals surface area contributed by atoms with Gasteiger partial charge < -0.3 is 14.4 Å². The predicted octanol–water partition coefficient (Wildman–Crippen LogP) is 6.85. The number of rotatable bonds is 8. The standard InChI is InChI=1S/C18H16FNO3.C12H15FO2/c1-2-18(22)23-15-9-3-12(4-10-15)16-11-17(21)20(16)14-7-5-13(19)6-8-14;1-3-11(15-12(14)4-2)9-5-7-10(13)8-6-9/h3-10,16H,2,11H2,1H3;5-8,11H,3-4H2,1-2H3. The third kappa shape index (κ3) is 7.47. The van der Waals surface area contributed by atoms with E-state index in [-0.39, 0.29) is 41.6 Å². The molecule has 3 aromatic rings. The maximum Gasteiger partial charge on any atom is 0.310 e. The lowest BCUT2D eigenvalue weighted by atomic mass is 9.93. The Hall–Kier alpha value is -4.07. The summed E-state index contributed by atoms with van der Waals surface area (Å²) in [5.74, 6) is -0.644. The van der Waals surface area contributed by atoms with Crippen LogP contribution in [-0.2, 0) is 19.1 Å². The van der Waals surface area contributed by atoms with Crippen LogP contribution in [-0.4, -0.2) is 17.8 Å². The van der Waals surface area contributed by atoms with Gasteiger partial charge in [-0.15, -0.1) is 0 Å². The molecule has 0 aromatic heterocycles.